The highest BCUT2D eigenvalue weighted by molar-refractivity contribution is 9.10. The second-order valence-corrected chi connectivity index (χ2v) is 11.0. The predicted octanol–water partition coefficient (Wildman–Crippen LogP) is 4.43. The lowest BCUT2D eigenvalue weighted by atomic mass is 9.95. The van der Waals surface area contributed by atoms with E-state index in [2.05, 4.69) is 39.7 Å². The molecule has 0 saturated heterocycles. The minimum absolute atomic E-state index is 0.184. The molecule has 0 saturated carbocycles. The second kappa shape index (κ2) is 12.9. The Hall–Kier alpha value is -3.57. The van der Waals surface area contributed by atoms with Gasteiger partial charge in [0.1, 0.15) is 5.75 Å². The van der Waals surface area contributed by atoms with Crippen LogP contribution in [0, 0.1) is 0 Å². The molecule has 0 unspecified atom stereocenters. The molecule has 218 valence electrons. The quantitative estimate of drug-likeness (QED) is 0.302. The van der Waals surface area contributed by atoms with Gasteiger partial charge >= 0.3 is 5.97 Å². The number of hydrogen-bond donors (Lipinski definition) is 0. The van der Waals surface area contributed by atoms with Crippen LogP contribution >= 0.6 is 27.3 Å². The number of ether oxygens (including phenoxy) is 4. The van der Waals surface area contributed by atoms with E-state index in [9.17, 15) is 9.59 Å². The number of halogens is 1. The van der Waals surface area contributed by atoms with E-state index in [1.165, 1.54) is 18.4 Å². The molecule has 0 aliphatic carbocycles. The highest BCUT2D eigenvalue weighted by Gasteiger charge is 2.35. The minimum atomic E-state index is -0.812. The van der Waals surface area contributed by atoms with Gasteiger partial charge in [0.2, 0.25) is 0 Å². The Bertz CT molecular complexity index is 1670. The summed E-state index contributed by atoms with van der Waals surface area (Å²) in [7, 11) is 4.70. The van der Waals surface area contributed by atoms with Gasteiger partial charge in [0, 0.05) is 34.9 Å². The molecular weight excluding hydrogens is 610 g/mol. The van der Waals surface area contributed by atoms with E-state index in [0.717, 1.165) is 24.3 Å². The number of carbonyl (C=O) groups is 1. The highest BCUT2D eigenvalue weighted by atomic mass is 79.9. The van der Waals surface area contributed by atoms with Crippen molar-refractivity contribution < 1.29 is 23.7 Å². The number of nitrogens with zero attached hydrogens (tertiary/aromatic N) is 3. The van der Waals surface area contributed by atoms with Crippen LogP contribution in [0.1, 0.15) is 44.9 Å². The summed E-state index contributed by atoms with van der Waals surface area (Å²) in [6, 6.07) is 8.64. The monoisotopic (exact) mass is 643 g/mol. The summed E-state index contributed by atoms with van der Waals surface area (Å²) in [5, 5.41) is 0. The molecule has 1 aromatic heterocycles. The van der Waals surface area contributed by atoms with Crippen LogP contribution < -0.4 is 34.0 Å². The number of hydrogen-bond acceptors (Lipinski definition) is 9. The van der Waals surface area contributed by atoms with E-state index in [1.807, 2.05) is 18.2 Å². The minimum Gasteiger partial charge on any atom is -0.496 e. The molecule has 0 radical (unpaired) electrons. The van der Waals surface area contributed by atoms with Crippen LogP contribution in [0.25, 0.3) is 6.08 Å². The van der Waals surface area contributed by atoms with Gasteiger partial charge in [0.15, 0.2) is 16.3 Å². The Morgan fingerprint density at radius 2 is 1.71 bits per heavy atom. The van der Waals surface area contributed by atoms with E-state index >= 15 is 0 Å². The van der Waals surface area contributed by atoms with Crippen molar-refractivity contribution >= 4 is 45.0 Å². The van der Waals surface area contributed by atoms with Crippen molar-refractivity contribution in [2.24, 2.45) is 4.99 Å². The summed E-state index contributed by atoms with van der Waals surface area (Å²) in [5.41, 5.74) is 2.90. The van der Waals surface area contributed by atoms with Gasteiger partial charge in [-0.15, -0.1) is 0 Å². The van der Waals surface area contributed by atoms with Crippen molar-refractivity contribution in [1.29, 1.82) is 0 Å². The molecule has 1 aliphatic rings. The van der Waals surface area contributed by atoms with Gasteiger partial charge in [-0.1, -0.05) is 27.3 Å². The number of methoxy groups -OCH3 is 3. The standard InChI is InChI=1S/C30H34BrN3O6S/c1-8-33(9-2)19-12-11-18(22(14-19)37-5)13-25-28(35)34-27(20-15-23(38-6)24(39-7)16-21(20)31)26(29(36)40-10-3)17(4)32-30(34)41-25/h11-16,27H,8-10H2,1-7H3/t27-/m1/s1. The number of anilines is 1. The number of rotatable bonds is 10. The number of carbonyl (C=O) groups excluding carboxylic acids is 1. The lowest BCUT2D eigenvalue weighted by molar-refractivity contribution is -0.139. The Morgan fingerprint density at radius 1 is 1.05 bits per heavy atom. The first-order chi connectivity index (χ1) is 19.7. The molecule has 2 aromatic carbocycles. The molecule has 0 N–H and O–H groups in total. The summed E-state index contributed by atoms with van der Waals surface area (Å²) < 4.78 is 24.8. The van der Waals surface area contributed by atoms with Crippen LogP contribution in [0.4, 0.5) is 5.69 Å². The third-order valence-electron chi connectivity index (χ3n) is 6.95. The summed E-state index contributed by atoms with van der Waals surface area (Å²) in [6.07, 6.45) is 1.80. The highest BCUT2D eigenvalue weighted by Crippen LogP contribution is 2.40. The summed E-state index contributed by atoms with van der Waals surface area (Å²) >= 11 is 4.88. The zero-order valence-corrected chi connectivity index (χ0v) is 26.6. The van der Waals surface area contributed by atoms with Crippen LogP contribution in [0.2, 0.25) is 0 Å². The maximum atomic E-state index is 14.1. The number of aromatic nitrogens is 1. The molecule has 2 heterocycles. The summed E-state index contributed by atoms with van der Waals surface area (Å²) in [5.74, 6) is 1.09. The topological polar surface area (TPSA) is 91.6 Å². The molecule has 0 spiro atoms. The number of thiazole rings is 1. The molecule has 0 amide bonds. The van der Waals surface area contributed by atoms with Gasteiger partial charge in [-0.2, -0.15) is 0 Å². The molecule has 3 aromatic rings. The average Bonchev–Trinajstić information content (AvgIpc) is 3.27. The lowest BCUT2D eigenvalue weighted by Gasteiger charge is -2.26. The fourth-order valence-corrected chi connectivity index (χ4v) is 6.49. The van der Waals surface area contributed by atoms with Gasteiger partial charge in [0.05, 0.1) is 49.8 Å². The maximum Gasteiger partial charge on any atom is 0.338 e. The number of allylic oxidation sites excluding steroid dienone is 1. The van der Waals surface area contributed by atoms with E-state index in [4.69, 9.17) is 18.9 Å². The molecule has 9 nitrogen and oxygen atoms in total. The van der Waals surface area contributed by atoms with Crippen molar-refractivity contribution in [3.63, 3.8) is 0 Å². The molecule has 0 bridgehead atoms. The predicted molar refractivity (Wildman–Crippen MR) is 164 cm³/mol. The van der Waals surface area contributed by atoms with Crippen LogP contribution in [-0.2, 0) is 9.53 Å². The van der Waals surface area contributed by atoms with Gasteiger partial charge < -0.3 is 23.8 Å². The van der Waals surface area contributed by atoms with Crippen molar-refractivity contribution in [2.45, 2.75) is 33.7 Å². The maximum absolute atomic E-state index is 14.1. The number of fused-ring (bicyclic) bond motifs is 1. The fraction of sp³-hybridized carbons (Fsp3) is 0.367. The van der Waals surface area contributed by atoms with E-state index in [-0.39, 0.29) is 17.7 Å². The number of esters is 1. The fourth-order valence-electron chi connectivity index (χ4n) is 4.91. The normalized spacial score (nSPS) is 14.8. The Kier molecular flexibility index (Phi) is 9.60. The molecule has 0 fully saturated rings. The van der Waals surface area contributed by atoms with Crippen molar-refractivity contribution in [2.75, 3.05) is 45.9 Å². The Morgan fingerprint density at radius 3 is 2.32 bits per heavy atom. The molecule has 4 rings (SSSR count). The molecule has 1 aliphatic heterocycles. The summed E-state index contributed by atoms with van der Waals surface area (Å²) in [4.78, 5) is 34.7. The van der Waals surface area contributed by atoms with Crippen molar-refractivity contribution in [1.82, 2.24) is 4.57 Å². The van der Waals surface area contributed by atoms with Gasteiger partial charge in [-0.05, 0) is 63.6 Å². The third kappa shape index (κ3) is 5.78. The third-order valence-corrected chi connectivity index (χ3v) is 8.62. The van der Waals surface area contributed by atoms with E-state index in [1.54, 1.807) is 50.8 Å². The zero-order valence-electron chi connectivity index (χ0n) is 24.2. The molecule has 41 heavy (non-hydrogen) atoms. The smallest absolute Gasteiger partial charge is 0.338 e. The first kappa shape index (κ1) is 30.4. The van der Waals surface area contributed by atoms with Crippen LogP contribution in [-0.4, -0.2) is 51.6 Å². The van der Waals surface area contributed by atoms with Crippen LogP contribution in [0.5, 0.6) is 17.2 Å². The first-order valence-corrected chi connectivity index (χ1v) is 14.9. The summed E-state index contributed by atoms with van der Waals surface area (Å²) in [6.45, 7) is 9.61. The lowest BCUT2D eigenvalue weighted by Crippen LogP contribution is -2.40. The molecule has 11 heteroatoms. The molecule has 1 atom stereocenters. The van der Waals surface area contributed by atoms with Crippen molar-refractivity contribution in [3.05, 3.63) is 76.9 Å². The molecular formula is C30H34BrN3O6S. The SMILES string of the molecule is CCOC(=O)C1=C(C)N=c2sc(=Cc3ccc(N(CC)CC)cc3OC)c(=O)n2[C@@H]1c1cc(OC)c(OC)cc1Br. The van der Waals surface area contributed by atoms with Crippen molar-refractivity contribution in [3.8, 4) is 17.2 Å². The second-order valence-electron chi connectivity index (χ2n) is 9.13. The van der Waals surface area contributed by atoms with E-state index in [0.29, 0.717) is 42.3 Å². The Balaban J connectivity index is 1.97. The van der Waals surface area contributed by atoms with Gasteiger partial charge in [-0.3, -0.25) is 9.36 Å². The largest absolute Gasteiger partial charge is 0.496 e. The van der Waals surface area contributed by atoms with Crippen LogP contribution in [0.3, 0.4) is 0 Å². The zero-order chi connectivity index (χ0) is 29.8. The van der Waals surface area contributed by atoms with Crippen LogP contribution in [0.15, 0.2) is 55.9 Å². The Labute approximate surface area is 251 Å². The van der Waals surface area contributed by atoms with Gasteiger partial charge in [-0.25, -0.2) is 9.79 Å². The first-order valence-electron chi connectivity index (χ1n) is 13.3. The van der Waals surface area contributed by atoms with E-state index < -0.39 is 12.0 Å². The van der Waals surface area contributed by atoms with Gasteiger partial charge in [0.25, 0.3) is 5.56 Å². The average molecular weight is 645 g/mol. The number of benzene rings is 2.